The van der Waals surface area contributed by atoms with Crippen molar-refractivity contribution in [1.82, 2.24) is 0 Å². The fourth-order valence-electron chi connectivity index (χ4n) is 2.06. The number of hydrogen-bond acceptors (Lipinski definition) is 2. The number of alkyl halides is 1. The molecule has 0 aliphatic heterocycles. The first-order valence-electron chi connectivity index (χ1n) is 6.55. The predicted octanol–water partition coefficient (Wildman–Crippen LogP) is 5.50. The van der Waals surface area contributed by atoms with Gasteiger partial charge in [0, 0.05) is 25.6 Å². The van der Waals surface area contributed by atoms with Crippen LogP contribution in [0.3, 0.4) is 0 Å². The lowest BCUT2D eigenvalue weighted by Gasteiger charge is -2.24. The maximum atomic E-state index is 12.8. The van der Waals surface area contributed by atoms with Crippen LogP contribution < -0.4 is 0 Å². The molecule has 0 fully saturated rings. The summed E-state index contributed by atoms with van der Waals surface area (Å²) in [7, 11) is 0. The van der Waals surface area contributed by atoms with Gasteiger partial charge in [0.25, 0.3) is 0 Å². The van der Waals surface area contributed by atoms with E-state index in [1.165, 1.54) is 0 Å². The summed E-state index contributed by atoms with van der Waals surface area (Å²) >= 11 is 13.8. The normalized spacial score (nSPS) is 11.3. The monoisotopic (exact) mass is 446 g/mol. The molecule has 0 aliphatic carbocycles. The van der Waals surface area contributed by atoms with E-state index in [1.807, 2.05) is 0 Å². The summed E-state index contributed by atoms with van der Waals surface area (Å²) in [5.41, 5.74) is -0.167. The zero-order valence-corrected chi connectivity index (χ0v) is 15.4. The van der Waals surface area contributed by atoms with Gasteiger partial charge in [-0.25, -0.2) is 0 Å². The van der Waals surface area contributed by atoms with Gasteiger partial charge in [0.2, 0.25) is 0 Å². The van der Waals surface area contributed by atoms with E-state index < -0.39 is 5.41 Å². The third-order valence-corrected chi connectivity index (χ3v) is 5.51. The lowest BCUT2D eigenvalue weighted by Crippen LogP contribution is -2.38. The molecular formula is C17H13Cl2IO2. The molecule has 0 aromatic heterocycles. The second-order valence-corrected chi connectivity index (χ2v) is 6.77. The third kappa shape index (κ3) is 3.53. The van der Waals surface area contributed by atoms with Crippen LogP contribution in [0.5, 0.6) is 0 Å². The van der Waals surface area contributed by atoms with Crippen LogP contribution in [0, 0.1) is 5.41 Å². The van der Waals surface area contributed by atoms with E-state index in [0.717, 1.165) is 0 Å². The van der Waals surface area contributed by atoms with Crippen LogP contribution in [0.4, 0.5) is 0 Å². The minimum atomic E-state index is -1.12. The fraction of sp³-hybridized carbons (Fsp3) is 0.176. The molecule has 0 unspecified atom stereocenters. The molecule has 0 heterocycles. The molecule has 0 bridgehead atoms. The Labute approximate surface area is 153 Å². The molecule has 5 heteroatoms. The lowest BCUT2D eigenvalue weighted by molar-refractivity contribution is 0.0721. The maximum absolute atomic E-state index is 12.8. The van der Waals surface area contributed by atoms with Crippen LogP contribution in [0.1, 0.15) is 27.6 Å². The summed E-state index contributed by atoms with van der Waals surface area (Å²) in [6.07, 6.45) is 0. The van der Waals surface area contributed by atoms with Crippen molar-refractivity contribution < 1.29 is 9.59 Å². The standard InChI is InChI=1S/C17H13Cl2IO2/c1-17(10-20,15(21)11-2-6-13(18)7-3-11)16(22)12-4-8-14(19)9-5-12/h2-9H,10H2,1H3. The first-order valence-corrected chi connectivity index (χ1v) is 8.83. The highest BCUT2D eigenvalue weighted by atomic mass is 127. The molecule has 0 saturated carbocycles. The average molecular weight is 447 g/mol. The van der Waals surface area contributed by atoms with Crippen molar-refractivity contribution in [2.45, 2.75) is 6.92 Å². The first-order chi connectivity index (χ1) is 10.4. The van der Waals surface area contributed by atoms with Crippen LogP contribution in [-0.2, 0) is 0 Å². The molecular weight excluding hydrogens is 434 g/mol. The van der Waals surface area contributed by atoms with Crippen molar-refractivity contribution in [3.8, 4) is 0 Å². The highest BCUT2D eigenvalue weighted by Gasteiger charge is 2.40. The summed E-state index contributed by atoms with van der Waals surface area (Å²) < 4.78 is 0.383. The molecule has 0 N–H and O–H groups in total. The number of carbonyl (C=O) groups excluding carboxylic acids is 2. The third-order valence-electron chi connectivity index (χ3n) is 3.48. The zero-order valence-electron chi connectivity index (χ0n) is 11.8. The summed E-state index contributed by atoms with van der Waals surface area (Å²) in [6, 6.07) is 13.2. The molecule has 2 aromatic rings. The van der Waals surface area contributed by atoms with Crippen molar-refractivity contribution in [1.29, 1.82) is 0 Å². The Morgan fingerprint density at radius 3 is 1.45 bits per heavy atom. The Kier molecular flexibility index (Phi) is 5.64. The molecule has 0 saturated heterocycles. The zero-order chi connectivity index (χ0) is 16.3. The Hall–Kier alpha value is -0.910. The van der Waals surface area contributed by atoms with Crippen molar-refractivity contribution in [3.63, 3.8) is 0 Å². The highest BCUT2D eigenvalue weighted by molar-refractivity contribution is 14.1. The van der Waals surface area contributed by atoms with Gasteiger partial charge < -0.3 is 0 Å². The number of ketones is 2. The molecule has 0 aliphatic rings. The average Bonchev–Trinajstić information content (AvgIpc) is 2.54. The minimum Gasteiger partial charge on any atom is -0.293 e. The van der Waals surface area contributed by atoms with E-state index in [1.54, 1.807) is 55.5 Å². The summed E-state index contributed by atoms with van der Waals surface area (Å²) in [5, 5.41) is 1.11. The van der Waals surface area contributed by atoms with E-state index >= 15 is 0 Å². The Morgan fingerprint density at radius 2 is 1.18 bits per heavy atom. The Morgan fingerprint density at radius 1 is 0.864 bits per heavy atom. The van der Waals surface area contributed by atoms with Crippen LogP contribution in [0.15, 0.2) is 48.5 Å². The summed E-state index contributed by atoms with van der Waals surface area (Å²) in [5.74, 6) is -0.419. The van der Waals surface area contributed by atoms with E-state index in [9.17, 15) is 9.59 Å². The molecule has 2 rings (SSSR count). The highest BCUT2D eigenvalue weighted by Crippen LogP contribution is 2.30. The van der Waals surface area contributed by atoms with E-state index in [4.69, 9.17) is 23.2 Å². The Balaban J connectivity index is 2.38. The maximum Gasteiger partial charge on any atom is 0.177 e. The number of hydrogen-bond donors (Lipinski definition) is 0. The van der Waals surface area contributed by atoms with Gasteiger partial charge in [-0.2, -0.15) is 0 Å². The van der Waals surface area contributed by atoms with Gasteiger partial charge >= 0.3 is 0 Å². The minimum absolute atomic E-state index is 0.210. The van der Waals surface area contributed by atoms with Crippen LogP contribution in [-0.4, -0.2) is 16.0 Å². The molecule has 0 radical (unpaired) electrons. The van der Waals surface area contributed by atoms with Crippen LogP contribution >= 0.6 is 45.8 Å². The lowest BCUT2D eigenvalue weighted by atomic mass is 9.78. The first kappa shape index (κ1) is 17.4. The van der Waals surface area contributed by atoms with Gasteiger partial charge in [-0.1, -0.05) is 45.8 Å². The molecule has 0 atom stereocenters. The molecule has 0 spiro atoms. The topological polar surface area (TPSA) is 34.1 Å². The van der Waals surface area contributed by atoms with Crippen LogP contribution in [0.25, 0.3) is 0 Å². The predicted molar refractivity (Wildman–Crippen MR) is 98.6 cm³/mol. The van der Waals surface area contributed by atoms with Gasteiger partial charge in [-0.3, -0.25) is 9.59 Å². The van der Waals surface area contributed by atoms with E-state index in [-0.39, 0.29) is 11.6 Å². The summed E-state index contributed by atoms with van der Waals surface area (Å²) in [6.45, 7) is 1.67. The van der Waals surface area contributed by atoms with Crippen molar-refractivity contribution in [2.75, 3.05) is 4.43 Å². The smallest absolute Gasteiger partial charge is 0.177 e. The number of carbonyl (C=O) groups is 2. The molecule has 2 aromatic carbocycles. The molecule has 0 amide bonds. The second-order valence-electron chi connectivity index (χ2n) is 5.14. The molecule has 22 heavy (non-hydrogen) atoms. The van der Waals surface area contributed by atoms with E-state index in [0.29, 0.717) is 25.6 Å². The quantitative estimate of drug-likeness (QED) is 0.263. The van der Waals surface area contributed by atoms with Gasteiger partial charge in [0.1, 0.15) is 5.41 Å². The summed E-state index contributed by atoms with van der Waals surface area (Å²) in [4.78, 5) is 25.6. The Bertz CT molecular complexity index is 636. The van der Waals surface area contributed by atoms with E-state index in [2.05, 4.69) is 22.6 Å². The van der Waals surface area contributed by atoms with Crippen molar-refractivity contribution in [2.24, 2.45) is 5.41 Å². The number of halogens is 3. The van der Waals surface area contributed by atoms with Gasteiger partial charge in [-0.15, -0.1) is 0 Å². The SMILES string of the molecule is CC(CI)(C(=O)c1ccc(Cl)cc1)C(=O)c1ccc(Cl)cc1. The van der Waals surface area contributed by atoms with Gasteiger partial charge in [0.15, 0.2) is 11.6 Å². The largest absolute Gasteiger partial charge is 0.293 e. The van der Waals surface area contributed by atoms with Crippen LogP contribution in [0.2, 0.25) is 10.0 Å². The van der Waals surface area contributed by atoms with Gasteiger partial charge in [0.05, 0.1) is 0 Å². The van der Waals surface area contributed by atoms with Crippen molar-refractivity contribution >= 4 is 57.4 Å². The van der Waals surface area contributed by atoms with Crippen molar-refractivity contribution in [3.05, 3.63) is 69.7 Å². The fourth-order valence-corrected chi connectivity index (χ4v) is 3.01. The number of rotatable bonds is 5. The second kappa shape index (κ2) is 7.11. The molecule has 114 valence electrons. The number of Topliss-reactive ketones (excluding diaryl/α,β-unsaturated/α-hetero) is 2. The number of benzene rings is 2. The molecule has 2 nitrogen and oxygen atoms in total. The van der Waals surface area contributed by atoms with Gasteiger partial charge in [-0.05, 0) is 55.5 Å².